The second-order valence-electron chi connectivity index (χ2n) is 4.32. The Kier molecular flexibility index (Phi) is 3.56. The van der Waals surface area contributed by atoms with Crippen molar-refractivity contribution in [2.45, 2.75) is 4.90 Å². The number of aryl methyl sites for hydroxylation is 1. The molecule has 112 valence electrons. The van der Waals surface area contributed by atoms with Gasteiger partial charge in [0.2, 0.25) is 0 Å². The number of aromatic nitrogens is 3. The number of nitrogen functional groups attached to an aromatic ring is 1. The van der Waals surface area contributed by atoms with Crippen LogP contribution in [0.25, 0.3) is 0 Å². The van der Waals surface area contributed by atoms with Crippen molar-refractivity contribution in [3.63, 3.8) is 0 Å². The molecule has 2 heterocycles. The second-order valence-corrected chi connectivity index (χ2v) is 5.97. The van der Waals surface area contributed by atoms with Crippen LogP contribution >= 0.6 is 0 Å². The highest BCUT2D eigenvalue weighted by atomic mass is 32.2. The van der Waals surface area contributed by atoms with Gasteiger partial charge in [-0.1, -0.05) is 0 Å². The molecule has 2 rings (SSSR count). The second kappa shape index (κ2) is 5.05. The first-order chi connectivity index (χ1) is 9.74. The summed E-state index contributed by atoms with van der Waals surface area (Å²) in [4.78, 5) is 26.7. The van der Waals surface area contributed by atoms with Crippen molar-refractivity contribution in [1.29, 1.82) is 0 Å². The molecule has 0 fully saturated rings. The smallest absolute Gasteiger partial charge is 0.330 e. The van der Waals surface area contributed by atoms with Gasteiger partial charge in [-0.3, -0.25) is 19.1 Å². The van der Waals surface area contributed by atoms with E-state index in [0.29, 0.717) is 4.57 Å². The first-order valence-corrected chi connectivity index (χ1v) is 7.21. The zero-order chi connectivity index (χ0) is 15.8. The van der Waals surface area contributed by atoms with Crippen LogP contribution in [0.3, 0.4) is 0 Å². The van der Waals surface area contributed by atoms with Crippen LogP contribution in [0.1, 0.15) is 0 Å². The van der Waals surface area contributed by atoms with Crippen molar-refractivity contribution in [1.82, 2.24) is 14.1 Å². The molecule has 0 amide bonds. The summed E-state index contributed by atoms with van der Waals surface area (Å²) in [7, 11) is -1.63. The number of pyridine rings is 1. The fourth-order valence-electron chi connectivity index (χ4n) is 1.66. The summed E-state index contributed by atoms with van der Waals surface area (Å²) in [5.74, 6) is 0. The zero-order valence-electron chi connectivity index (χ0n) is 11.3. The number of hydrogen-bond donors (Lipinski definition) is 2. The first kappa shape index (κ1) is 14.8. The zero-order valence-corrected chi connectivity index (χ0v) is 12.1. The Hall–Kier alpha value is -2.62. The van der Waals surface area contributed by atoms with E-state index in [0.717, 1.165) is 10.8 Å². The fraction of sp³-hybridized carbons (Fsp3) is 0.182. The van der Waals surface area contributed by atoms with Crippen LogP contribution < -0.4 is 21.7 Å². The number of nitrogens with one attached hydrogen (secondary N) is 1. The van der Waals surface area contributed by atoms with E-state index in [2.05, 4.69) is 9.71 Å². The van der Waals surface area contributed by atoms with Crippen LogP contribution in [0, 0.1) is 0 Å². The van der Waals surface area contributed by atoms with Crippen molar-refractivity contribution < 1.29 is 8.42 Å². The summed E-state index contributed by atoms with van der Waals surface area (Å²) in [5.41, 5.74) is 4.27. The predicted octanol–water partition coefficient (Wildman–Crippen LogP) is -1.14. The number of sulfonamides is 1. The van der Waals surface area contributed by atoms with Gasteiger partial charge in [-0.05, 0) is 6.07 Å². The van der Waals surface area contributed by atoms with E-state index in [1.54, 1.807) is 0 Å². The highest BCUT2D eigenvalue weighted by Gasteiger charge is 2.22. The molecule has 0 aromatic carbocycles. The molecule has 0 spiro atoms. The molecule has 0 bridgehead atoms. The van der Waals surface area contributed by atoms with E-state index in [9.17, 15) is 18.0 Å². The van der Waals surface area contributed by atoms with Crippen LogP contribution in [0.5, 0.6) is 0 Å². The number of hydrogen-bond acceptors (Lipinski definition) is 6. The molecule has 2 aromatic heterocycles. The molecule has 0 aliphatic rings. The predicted molar refractivity (Wildman–Crippen MR) is 76.4 cm³/mol. The summed E-state index contributed by atoms with van der Waals surface area (Å²) in [6.07, 6.45) is 3.59. The average Bonchev–Trinajstić information content (AvgIpc) is 2.42. The SMILES string of the molecule is Cn1cc(S(=O)(=O)Nc2ccncc2N)c(=O)n(C)c1=O. The molecule has 0 saturated heterocycles. The minimum Gasteiger partial charge on any atom is -0.396 e. The lowest BCUT2D eigenvalue weighted by molar-refractivity contribution is 0.589. The summed E-state index contributed by atoms with van der Waals surface area (Å²) >= 11 is 0. The van der Waals surface area contributed by atoms with Gasteiger partial charge in [-0.25, -0.2) is 13.2 Å². The Bertz CT molecular complexity index is 913. The molecule has 0 saturated carbocycles. The quantitative estimate of drug-likeness (QED) is 0.737. The van der Waals surface area contributed by atoms with Gasteiger partial charge in [0.25, 0.3) is 15.6 Å². The third-order valence-corrected chi connectivity index (χ3v) is 4.15. The number of anilines is 2. The van der Waals surface area contributed by atoms with E-state index in [-0.39, 0.29) is 11.4 Å². The van der Waals surface area contributed by atoms with Gasteiger partial charge >= 0.3 is 5.69 Å². The summed E-state index contributed by atoms with van der Waals surface area (Å²) in [6, 6.07) is 1.36. The molecule has 0 radical (unpaired) electrons. The van der Waals surface area contributed by atoms with E-state index in [4.69, 9.17) is 5.73 Å². The monoisotopic (exact) mass is 311 g/mol. The van der Waals surface area contributed by atoms with Gasteiger partial charge < -0.3 is 10.3 Å². The van der Waals surface area contributed by atoms with Crippen molar-refractivity contribution in [2.24, 2.45) is 14.1 Å². The molecule has 0 aliphatic carbocycles. The lowest BCUT2D eigenvalue weighted by Gasteiger charge is -2.11. The normalized spacial score (nSPS) is 11.3. The highest BCUT2D eigenvalue weighted by Crippen LogP contribution is 2.18. The van der Waals surface area contributed by atoms with Crippen molar-refractivity contribution in [2.75, 3.05) is 10.5 Å². The maximum absolute atomic E-state index is 12.3. The Labute approximate surface area is 119 Å². The number of rotatable bonds is 3. The van der Waals surface area contributed by atoms with Crippen LogP contribution in [0.4, 0.5) is 11.4 Å². The number of nitrogens with two attached hydrogens (primary N) is 1. The molecule has 10 heteroatoms. The van der Waals surface area contributed by atoms with Crippen LogP contribution in [-0.4, -0.2) is 22.5 Å². The maximum Gasteiger partial charge on any atom is 0.330 e. The van der Waals surface area contributed by atoms with Crippen molar-refractivity contribution >= 4 is 21.4 Å². The standard InChI is InChI=1S/C11H13N5O4S/c1-15-6-9(10(17)16(2)11(15)18)21(19,20)14-8-3-4-13-5-7(8)12/h3-6H,12H2,1-2H3,(H,13,14). The molecule has 0 unspecified atom stereocenters. The number of nitrogens with zero attached hydrogens (tertiary/aromatic N) is 3. The summed E-state index contributed by atoms with van der Waals surface area (Å²) in [6.45, 7) is 0. The van der Waals surface area contributed by atoms with Crippen LogP contribution in [-0.2, 0) is 24.1 Å². The lowest BCUT2D eigenvalue weighted by Crippen LogP contribution is -2.40. The molecular formula is C11H13N5O4S. The minimum absolute atomic E-state index is 0.0981. The first-order valence-electron chi connectivity index (χ1n) is 5.73. The third kappa shape index (κ3) is 2.65. The summed E-state index contributed by atoms with van der Waals surface area (Å²) < 4.78 is 28.5. The van der Waals surface area contributed by atoms with E-state index < -0.39 is 26.2 Å². The molecule has 0 atom stereocenters. The topological polar surface area (TPSA) is 129 Å². The van der Waals surface area contributed by atoms with Gasteiger partial charge in [0.1, 0.15) is 0 Å². The van der Waals surface area contributed by atoms with Gasteiger partial charge in [-0.15, -0.1) is 0 Å². The summed E-state index contributed by atoms with van der Waals surface area (Å²) in [5, 5.41) is 0. The third-order valence-electron chi connectivity index (χ3n) is 2.80. The van der Waals surface area contributed by atoms with Gasteiger partial charge in [-0.2, -0.15) is 0 Å². The Morgan fingerprint density at radius 1 is 1.29 bits per heavy atom. The molecule has 2 aromatic rings. The fourth-order valence-corrected chi connectivity index (χ4v) is 2.91. The minimum atomic E-state index is -4.18. The molecule has 0 aliphatic heterocycles. The van der Waals surface area contributed by atoms with E-state index in [1.807, 2.05) is 0 Å². The molecular weight excluding hydrogens is 298 g/mol. The van der Waals surface area contributed by atoms with Gasteiger partial charge in [0.15, 0.2) is 4.90 Å². The Balaban J connectivity index is 2.59. The average molecular weight is 311 g/mol. The van der Waals surface area contributed by atoms with Crippen molar-refractivity contribution in [3.05, 3.63) is 45.5 Å². The Morgan fingerprint density at radius 2 is 1.95 bits per heavy atom. The Morgan fingerprint density at radius 3 is 2.57 bits per heavy atom. The largest absolute Gasteiger partial charge is 0.396 e. The lowest BCUT2D eigenvalue weighted by atomic mass is 10.4. The van der Waals surface area contributed by atoms with Crippen LogP contribution in [0.15, 0.2) is 39.1 Å². The highest BCUT2D eigenvalue weighted by molar-refractivity contribution is 7.92. The van der Waals surface area contributed by atoms with E-state index >= 15 is 0 Å². The van der Waals surface area contributed by atoms with Crippen molar-refractivity contribution in [3.8, 4) is 0 Å². The molecule has 9 nitrogen and oxygen atoms in total. The molecule has 3 N–H and O–H groups in total. The van der Waals surface area contributed by atoms with Gasteiger partial charge in [0, 0.05) is 26.5 Å². The molecule has 21 heavy (non-hydrogen) atoms. The maximum atomic E-state index is 12.3. The van der Waals surface area contributed by atoms with Crippen LogP contribution in [0.2, 0.25) is 0 Å². The van der Waals surface area contributed by atoms with Gasteiger partial charge in [0.05, 0.1) is 17.6 Å². The van der Waals surface area contributed by atoms with E-state index in [1.165, 1.54) is 32.6 Å².